The lowest BCUT2D eigenvalue weighted by Gasteiger charge is -2.13. The Bertz CT molecular complexity index is 930. The van der Waals surface area contributed by atoms with Crippen LogP contribution in [0.1, 0.15) is 17.1 Å². The minimum atomic E-state index is -0.314. The average Bonchev–Trinajstić information content (AvgIpc) is 2.63. The molecule has 0 atom stereocenters. The Morgan fingerprint density at radius 2 is 2.00 bits per heavy atom. The van der Waals surface area contributed by atoms with Crippen molar-refractivity contribution in [2.24, 2.45) is 0 Å². The maximum atomic E-state index is 12.9. The van der Waals surface area contributed by atoms with E-state index in [1.807, 2.05) is 0 Å². The molecule has 2 aromatic heterocycles. The van der Waals surface area contributed by atoms with Crippen molar-refractivity contribution in [3.8, 4) is 5.88 Å². The van der Waals surface area contributed by atoms with Gasteiger partial charge in [0.1, 0.15) is 29.0 Å². The van der Waals surface area contributed by atoms with Gasteiger partial charge in [0.2, 0.25) is 5.88 Å². The molecular formula is C17H14BrFN4O2. The second kappa shape index (κ2) is 7.52. The van der Waals surface area contributed by atoms with Crippen LogP contribution in [0.5, 0.6) is 5.88 Å². The van der Waals surface area contributed by atoms with Gasteiger partial charge in [0, 0.05) is 6.20 Å². The van der Waals surface area contributed by atoms with E-state index in [0.717, 1.165) is 5.56 Å². The minimum absolute atomic E-state index is 0.181. The first-order chi connectivity index (χ1) is 12.0. The summed E-state index contributed by atoms with van der Waals surface area (Å²) in [5, 5.41) is 0. The quantitative estimate of drug-likeness (QED) is 0.653. The number of rotatable bonds is 5. The molecule has 0 saturated heterocycles. The van der Waals surface area contributed by atoms with E-state index in [4.69, 9.17) is 4.74 Å². The summed E-state index contributed by atoms with van der Waals surface area (Å²) in [4.78, 5) is 24.9. The number of hydrogen-bond donors (Lipinski definition) is 0. The summed E-state index contributed by atoms with van der Waals surface area (Å²) in [6.45, 7) is 2.19. The van der Waals surface area contributed by atoms with E-state index in [2.05, 4.69) is 30.9 Å². The first-order valence-electron chi connectivity index (χ1n) is 7.43. The number of aromatic nitrogens is 4. The highest BCUT2D eigenvalue weighted by molar-refractivity contribution is 9.10. The van der Waals surface area contributed by atoms with Crippen molar-refractivity contribution in [3.05, 3.63) is 80.6 Å². The number of benzene rings is 1. The number of aryl methyl sites for hydroxylation is 1. The highest BCUT2D eigenvalue weighted by Crippen LogP contribution is 2.20. The van der Waals surface area contributed by atoms with Crippen LogP contribution < -0.4 is 10.3 Å². The summed E-state index contributed by atoms with van der Waals surface area (Å²) in [6.07, 6.45) is 3.05. The maximum absolute atomic E-state index is 12.9. The molecule has 0 aliphatic heterocycles. The predicted molar refractivity (Wildman–Crippen MR) is 92.8 cm³/mol. The van der Waals surface area contributed by atoms with E-state index >= 15 is 0 Å². The van der Waals surface area contributed by atoms with Crippen molar-refractivity contribution in [2.75, 3.05) is 0 Å². The molecule has 1 aromatic carbocycles. The molecule has 0 bridgehead atoms. The summed E-state index contributed by atoms with van der Waals surface area (Å²) < 4.78 is 20.3. The predicted octanol–water partition coefficient (Wildman–Crippen LogP) is 2.87. The molecule has 0 fully saturated rings. The van der Waals surface area contributed by atoms with Crippen molar-refractivity contribution < 1.29 is 9.13 Å². The molecule has 6 nitrogen and oxygen atoms in total. The Morgan fingerprint density at radius 3 is 2.68 bits per heavy atom. The van der Waals surface area contributed by atoms with Crippen LogP contribution in [0.4, 0.5) is 4.39 Å². The minimum Gasteiger partial charge on any atom is -0.472 e. The zero-order valence-corrected chi connectivity index (χ0v) is 14.9. The summed E-state index contributed by atoms with van der Waals surface area (Å²) in [5.74, 6) is 0.387. The number of ether oxygens (including phenoxy) is 1. The lowest BCUT2D eigenvalue weighted by atomic mass is 10.2. The van der Waals surface area contributed by atoms with E-state index in [1.54, 1.807) is 31.3 Å². The van der Waals surface area contributed by atoms with E-state index in [0.29, 0.717) is 11.5 Å². The summed E-state index contributed by atoms with van der Waals surface area (Å²) in [5.41, 5.74) is 1.21. The SMILES string of the molecule is Cc1nc(OCc2ccc(F)cc2)c(Br)c(=O)n1Cc1ccncn1. The Kier molecular flexibility index (Phi) is 5.18. The second-order valence-corrected chi connectivity index (χ2v) is 6.08. The molecule has 0 N–H and O–H groups in total. The van der Waals surface area contributed by atoms with Gasteiger partial charge in [-0.3, -0.25) is 9.36 Å². The molecule has 0 spiro atoms. The van der Waals surface area contributed by atoms with Crippen molar-refractivity contribution in [1.29, 1.82) is 0 Å². The zero-order valence-electron chi connectivity index (χ0n) is 13.3. The van der Waals surface area contributed by atoms with Gasteiger partial charge in [0.15, 0.2) is 0 Å². The number of hydrogen-bond acceptors (Lipinski definition) is 5. The Hall–Kier alpha value is -2.61. The van der Waals surface area contributed by atoms with E-state index in [-0.39, 0.29) is 34.9 Å². The summed E-state index contributed by atoms with van der Waals surface area (Å²) in [6, 6.07) is 7.68. The standard InChI is InChI=1S/C17H14BrFN4O2/c1-11-22-16(25-9-12-2-4-13(19)5-3-12)15(18)17(24)23(11)8-14-6-7-20-10-21-14/h2-7,10H,8-9H2,1H3. The van der Waals surface area contributed by atoms with Gasteiger partial charge in [-0.1, -0.05) is 12.1 Å². The fourth-order valence-electron chi connectivity index (χ4n) is 2.20. The fraction of sp³-hybridized carbons (Fsp3) is 0.176. The highest BCUT2D eigenvalue weighted by Gasteiger charge is 2.14. The average molecular weight is 405 g/mol. The van der Waals surface area contributed by atoms with Crippen LogP contribution in [0.3, 0.4) is 0 Å². The molecule has 0 aliphatic rings. The normalized spacial score (nSPS) is 10.7. The lowest BCUT2D eigenvalue weighted by molar-refractivity contribution is 0.288. The van der Waals surface area contributed by atoms with Crippen LogP contribution in [-0.2, 0) is 13.2 Å². The third kappa shape index (κ3) is 4.08. The molecule has 128 valence electrons. The van der Waals surface area contributed by atoms with Crippen LogP contribution >= 0.6 is 15.9 Å². The van der Waals surface area contributed by atoms with Gasteiger partial charge < -0.3 is 4.74 Å². The molecule has 0 radical (unpaired) electrons. The summed E-state index contributed by atoms with van der Waals surface area (Å²) in [7, 11) is 0. The molecule has 8 heteroatoms. The van der Waals surface area contributed by atoms with E-state index in [1.165, 1.54) is 23.0 Å². The van der Waals surface area contributed by atoms with Gasteiger partial charge in [0.05, 0.1) is 12.2 Å². The molecule has 3 rings (SSSR count). The number of nitrogens with zero attached hydrogens (tertiary/aromatic N) is 4. The van der Waals surface area contributed by atoms with E-state index < -0.39 is 0 Å². The van der Waals surface area contributed by atoms with Crippen LogP contribution in [0.2, 0.25) is 0 Å². The van der Waals surface area contributed by atoms with E-state index in [9.17, 15) is 9.18 Å². The Morgan fingerprint density at radius 1 is 1.24 bits per heavy atom. The van der Waals surface area contributed by atoms with Crippen molar-refractivity contribution >= 4 is 15.9 Å². The van der Waals surface area contributed by atoms with Gasteiger partial charge in [-0.2, -0.15) is 4.98 Å². The molecule has 0 aliphatic carbocycles. The van der Waals surface area contributed by atoms with Crippen LogP contribution in [-0.4, -0.2) is 19.5 Å². The monoisotopic (exact) mass is 404 g/mol. The first kappa shape index (κ1) is 17.2. The molecular weight excluding hydrogens is 391 g/mol. The largest absolute Gasteiger partial charge is 0.472 e. The fourth-order valence-corrected chi connectivity index (χ4v) is 2.62. The smallest absolute Gasteiger partial charge is 0.272 e. The van der Waals surface area contributed by atoms with Gasteiger partial charge >= 0.3 is 0 Å². The van der Waals surface area contributed by atoms with Gasteiger partial charge in [-0.05, 0) is 46.6 Å². The van der Waals surface area contributed by atoms with Crippen molar-refractivity contribution in [3.63, 3.8) is 0 Å². The molecule has 3 aromatic rings. The van der Waals surface area contributed by atoms with Crippen LogP contribution in [0.15, 0.2) is 52.1 Å². The first-order valence-corrected chi connectivity index (χ1v) is 8.23. The van der Waals surface area contributed by atoms with Crippen molar-refractivity contribution in [1.82, 2.24) is 19.5 Å². The molecule has 2 heterocycles. The zero-order chi connectivity index (χ0) is 17.8. The van der Waals surface area contributed by atoms with Gasteiger partial charge in [-0.15, -0.1) is 0 Å². The van der Waals surface area contributed by atoms with Crippen LogP contribution in [0.25, 0.3) is 0 Å². The summed E-state index contributed by atoms with van der Waals surface area (Å²) >= 11 is 3.25. The highest BCUT2D eigenvalue weighted by atomic mass is 79.9. The Balaban J connectivity index is 1.82. The van der Waals surface area contributed by atoms with Crippen molar-refractivity contribution in [2.45, 2.75) is 20.1 Å². The number of halogens is 2. The molecule has 0 unspecified atom stereocenters. The third-order valence-electron chi connectivity index (χ3n) is 3.53. The lowest BCUT2D eigenvalue weighted by Crippen LogP contribution is -2.26. The van der Waals surface area contributed by atoms with Gasteiger partial charge in [0.25, 0.3) is 5.56 Å². The van der Waals surface area contributed by atoms with Gasteiger partial charge in [-0.25, -0.2) is 14.4 Å². The Labute approximate surface area is 151 Å². The topological polar surface area (TPSA) is 69.9 Å². The third-order valence-corrected chi connectivity index (χ3v) is 4.21. The molecule has 0 amide bonds. The molecule has 0 saturated carbocycles. The van der Waals surface area contributed by atoms with Crippen LogP contribution in [0, 0.1) is 12.7 Å². The second-order valence-electron chi connectivity index (χ2n) is 5.29. The molecule has 25 heavy (non-hydrogen) atoms. The maximum Gasteiger partial charge on any atom is 0.272 e.